The monoisotopic (exact) mass is 254 g/mol. The Hall–Kier alpha value is -1.55. The van der Waals surface area contributed by atoms with Crippen molar-refractivity contribution < 1.29 is 8.91 Å². The molecule has 17 heavy (non-hydrogen) atoms. The second kappa shape index (κ2) is 4.75. The fourth-order valence-electron chi connectivity index (χ4n) is 1.60. The molecule has 0 spiro atoms. The van der Waals surface area contributed by atoms with E-state index < -0.39 is 0 Å². The zero-order chi connectivity index (χ0) is 12.4. The number of benzene rings is 1. The Morgan fingerprint density at radius 2 is 2.18 bits per heavy atom. The summed E-state index contributed by atoms with van der Waals surface area (Å²) in [5.74, 6) is 0.353. The first-order valence-electron chi connectivity index (χ1n) is 5.19. The zero-order valence-electron chi connectivity index (χ0n) is 9.55. The first-order chi connectivity index (χ1) is 8.09. The standard InChI is InChI=1S/C12H12ClFN2O/c1-7-9(8(2)17-16-7)6-15-12-10(13)4-3-5-11(12)14/h3-5,15H,6H2,1-2H3. The van der Waals surface area contributed by atoms with E-state index in [4.69, 9.17) is 16.1 Å². The van der Waals surface area contributed by atoms with Gasteiger partial charge in [0.2, 0.25) is 0 Å². The first kappa shape index (κ1) is 11.9. The van der Waals surface area contributed by atoms with Crippen molar-refractivity contribution in [3.05, 3.63) is 46.1 Å². The number of halogens is 2. The van der Waals surface area contributed by atoms with Crippen molar-refractivity contribution in [1.29, 1.82) is 0 Å². The number of hydrogen-bond acceptors (Lipinski definition) is 3. The summed E-state index contributed by atoms with van der Waals surface area (Å²) in [5.41, 5.74) is 2.01. The molecule has 0 unspecified atom stereocenters. The highest BCUT2D eigenvalue weighted by molar-refractivity contribution is 6.33. The molecule has 0 amide bonds. The Balaban J connectivity index is 2.18. The predicted molar refractivity (Wildman–Crippen MR) is 64.7 cm³/mol. The van der Waals surface area contributed by atoms with Gasteiger partial charge in [-0.3, -0.25) is 0 Å². The van der Waals surface area contributed by atoms with Gasteiger partial charge in [0, 0.05) is 12.1 Å². The van der Waals surface area contributed by atoms with Crippen LogP contribution in [-0.2, 0) is 6.54 Å². The van der Waals surface area contributed by atoms with Crippen LogP contribution in [0.15, 0.2) is 22.7 Å². The topological polar surface area (TPSA) is 38.1 Å². The van der Waals surface area contributed by atoms with E-state index in [0.717, 1.165) is 17.0 Å². The lowest BCUT2D eigenvalue weighted by molar-refractivity contribution is 0.392. The highest BCUT2D eigenvalue weighted by Crippen LogP contribution is 2.25. The molecule has 1 N–H and O–H groups in total. The normalized spacial score (nSPS) is 10.6. The third-order valence-corrected chi connectivity index (χ3v) is 2.90. The molecule has 0 aliphatic rings. The number of rotatable bonds is 3. The largest absolute Gasteiger partial charge is 0.377 e. The molecular formula is C12H12ClFN2O. The first-order valence-corrected chi connectivity index (χ1v) is 5.57. The van der Waals surface area contributed by atoms with Crippen molar-refractivity contribution in [3.63, 3.8) is 0 Å². The van der Waals surface area contributed by atoms with Crippen LogP contribution in [0.2, 0.25) is 5.02 Å². The molecule has 3 nitrogen and oxygen atoms in total. The molecule has 0 aliphatic heterocycles. The van der Waals surface area contributed by atoms with Gasteiger partial charge in [-0.1, -0.05) is 22.8 Å². The maximum Gasteiger partial charge on any atom is 0.147 e. The van der Waals surface area contributed by atoms with E-state index in [1.165, 1.54) is 6.07 Å². The van der Waals surface area contributed by atoms with E-state index in [1.54, 1.807) is 12.1 Å². The van der Waals surface area contributed by atoms with Gasteiger partial charge < -0.3 is 9.84 Å². The van der Waals surface area contributed by atoms with Crippen LogP contribution >= 0.6 is 11.6 Å². The van der Waals surface area contributed by atoms with Crippen LogP contribution in [0.4, 0.5) is 10.1 Å². The van der Waals surface area contributed by atoms with Crippen LogP contribution in [0.5, 0.6) is 0 Å². The third kappa shape index (κ3) is 2.42. The van der Waals surface area contributed by atoms with Crippen molar-refractivity contribution >= 4 is 17.3 Å². The summed E-state index contributed by atoms with van der Waals surface area (Å²) in [7, 11) is 0. The lowest BCUT2D eigenvalue weighted by atomic mass is 10.2. The Morgan fingerprint density at radius 1 is 1.41 bits per heavy atom. The Labute approximate surface area is 104 Å². The van der Waals surface area contributed by atoms with Crippen LogP contribution in [0.25, 0.3) is 0 Å². The summed E-state index contributed by atoms with van der Waals surface area (Å²) < 4.78 is 18.5. The smallest absolute Gasteiger partial charge is 0.147 e. The van der Waals surface area contributed by atoms with Gasteiger partial charge >= 0.3 is 0 Å². The summed E-state index contributed by atoms with van der Waals surface area (Å²) in [4.78, 5) is 0. The van der Waals surface area contributed by atoms with Gasteiger partial charge in [-0.2, -0.15) is 0 Å². The number of aromatic nitrogens is 1. The van der Waals surface area contributed by atoms with Crippen LogP contribution < -0.4 is 5.32 Å². The minimum atomic E-state index is -0.371. The van der Waals surface area contributed by atoms with Gasteiger partial charge in [-0.15, -0.1) is 0 Å². The predicted octanol–water partition coefficient (Wildman–Crippen LogP) is 3.70. The molecule has 0 fully saturated rings. The maximum absolute atomic E-state index is 13.5. The van der Waals surface area contributed by atoms with Crippen molar-refractivity contribution in [2.75, 3.05) is 5.32 Å². The Kier molecular flexibility index (Phi) is 3.33. The molecule has 90 valence electrons. The molecule has 0 bridgehead atoms. The highest BCUT2D eigenvalue weighted by atomic mass is 35.5. The summed E-state index contributed by atoms with van der Waals surface area (Å²) in [6, 6.07) is 4.57. The Bertz CT molecular complexity index is 500. The second-order valence-electron chi connectivity index (χ2n) is 3.75. The fourth-order valence-corrected chi connectivity index (χ4v) is 1.83. The van der Waals surface area contributed by atoms with E-state index >= 15 is 0 Å². The number of para-hydroxylation sites is 1. The molecule has 2 aromatic rings. The maximum atomic E-state index is 13.5. The SMILES string of the molecule is Cc1noc(C)c1CNc1c(F)cccc1Cl. The number of hydrogen-bond donors (Lipinski definition) is 1. The van der Waals surface area contributed by atoms with E-state index in [9.17, 15) is 4.39 Å². The second-order valence-corrected chi connectivity index (χ2v) is 4.16. The summed E-state index contributed by atoms with van der Waals surface area (Å²) in [6.07, 6.45) is 0. The van der Waals surface area contributed by atoms with Gasteiger partial charge in [0.25, 0.3) is 0 Å². The van der Waals surface area contributed by atoms with Gasteiger partial charge in [0.05, 0.1) is 16.4 Å². The minimum Gasteiger partial charge on any atom is -0.377 e. The highest BCUT2D eigenvalue weighted by Gasteiger charge is 2.11. The van der Waals surface area contributed by atoms with Gasteiger partial charge in [-0.25, -0.2) is 4.39 Å². The van der Waals surface area contributed by atoms with Gasteiger partial charge in [0.1, 0.15) is 11.6 Å². The fraction of sp³-hybridized carbons (Fsp3) is 0.250. The molecule has 5 heteroatoms. The molecule has 0 aliphatic carbocycles. The van der Waals surface area contributed by atoms with Crippen LogP contribution in [-0.4, -0.2) is 5.16 Å². The Morgan fingerprint density at radius 3 is 2.76 bits per heavy atom. The summed E-state index contributed by atoms with van der Waals surface area (Å²) in [5, 5.41) is 7.15. The molecule has 0 saturated carbocycles. The average Bonchev–Trinajstić information content (AvgIpc) is 2.59. The lowest BCUT2D eigenvalue weighted by Crippen LogP contribution is -2.03. The van der Waals surface area contributed by atoms with Crippen LogP contribution in [0, 0.1) is 19.7 Å². The quantitative estimate of drug-likeness (QED) is 0.908. The molecule has 1 heterocycles. The van der Waals surface area contributed by atoms with Gasteiger partial charge in [-0.05, 0) is 26.0 Å². The summed E-state index contributed by atoms with van der Waals surface area (Å²) >= 11 is 5.91. The zero-order valence-corrected chi connectivity index (χ0v) is 10.3. The molecular weight excluding hydrogens is 243 g/mol. The number of aryl methyl sites for hydroxylation is 2. The lowest BCUT2D eigenvalue weighted by Gasteiger charge is -2.08. The third-order valence-electron chi connectivity index (χ3n) is 2.59. The van der Waals surface area contributed by atoms with Crippen molar-refractivity contribution in [2.45, 2.75) is 20.4 Å². The van der Waals surface area contributed by atoms with Crippen molar-refractivity contribution in [1.82, 2.24) is 5.16 Å². The molecule has 0 radical (unpaired) electrons. The number of nitrogens with one attached hydrogen (secondary N) is 1. The minimum absolute atomic E-state index is 0.300. The van der Waals surface area contributed by atoms with Crippen molar-refractivity contribution in [2.24, 2.45) is 0 Å². The molecule has 2 rings (SSSR count). The molecule has 1 aromatic carbocycles. The van der Waals surface area contributed by atoms with Crippen molar-refractivity contribution in [3.8, 4) is 0 Å². The van der Waals surface area contributed by atoms with Crippen LogP contribution in [0.3, 0.4) is 0 Å². The molecule has 0 saturated heterocycles. The van der Waals surface area contributed by atoms with E-state index in [0.29, 0.717) is 17.3 Å². The number of anilines is 1. The van der Waals surface area contributed by atoms with E-state index in [1.807, 2.05) is 13.8 Å². The van der Waals surface area contributed by atoms with Crippen LogP contribution in [0.1, 0.15) is 17.0 Å². The average molecular weight is 255 g/mol. The van der Waals surface area contributed by atoms with E-state index in [2.05, 4.69) is 10.5 Å². The molecule has 1 aromatic heterocycles. The van der Waals surface area contributed by atoms with E-state index in [-0.39, 0.29) is 5.82 Å². The summed E-state index contributed by atoms with van der Waals surface area (Å²) in [6.45, 7) is 4.10. The number of nitrogens with zero attached hydrogens (tertiary/aromatic N) is 1. The van der Waals surface area contributed by atoms with Gasteiger partial charge in [0.15, 0.2) is 0 Å². The molecule has 0 atom stereocenters.